The third kappa shape index (κ3) is 7.12. The molecule has 0 bridgehead atoms. The van der Waals surface area contributed by atoms with Crippen LogP contribution < -0.4 is 0 Å². The van der Waals surface area contributed by atoms with Crippen LogP contribution in [0, 0.1) is 59.2 Å². The molecule has 1 heteroatoms. The van der Waals surface area contributed by atoms with E-state index in [1.807, 2.05) is 0 Å². The molecule has 0 saturated heterocycles. The van der Waals surface area contributed by atoms with Crippen LogP contribution in [0.5, 0.6) is 0 Å². The summed E-state index contributed by atoms with van der Waals surface area (Å²) in [5.74, 6) is 9.88. The highest BCUT2D eigenvalue weighted by atomic mass is 15.1. The third-order valence-electron chi connectivity index (χ3n) is 12.6. The summed E-state index contributed by atoms with van der Waals surface area (Å²) in [7, 11) is 0. The molecule has 3 rings (SSSR count). The van der Waals surface area contributed by atoms with E-state index in [4.69, 9.17) is 0 Å². The van der Waals surface area contributed by atoms with Crippen molar-refractivity contribution < 1.29 is 0 Å². The zero-order valence-corrected chi connectivity index (χ0v) is 26.1. The first kappa shape index (κ1) is 30.5. The number of nitrogens with zero attached hydrogens (tertiary/aromatic N) is 1. The molecule has 0 aromatic rings. The van der Waals surface area contributed by atoms with Crippen molar-refractivity contribution in [2.45, 2.75) is 151 Å². The summed E-state index contributed by atoms with van der Waals surface area (Å²) in [4.78, 5) is 2.76. The Balaban J connectivity index is 1.76. The van der Waals surface area contributed by atoms with Gasteiger partial charge in [-0.25, -0.2) is 0 Å². The monoisotopic (exact) mass is 502 g/mol. The zero-order valence-electron chi connectivity index (χ0n) is 26.1. The molecule has 0 aromatic heterocycles. The maximum atomic E-state index is 2.76. The van der Waals surface area contributed by atoms with Crippen LogP contribution >= 0.6 is 0 Å². The number of hydrogen-bond donors (Lipinski definition) is 0. The molecular formula is C35H67N. The predicted octanol–water partition coefficient (Wildman–Crippen LogP) is 10.5. The fraction of sp³-hybridized carbons (Fsp3) is 1.00. The van der Waals surface area contributed by atoms with E-state index in [0.717, 1.165) is 65.2 Å². The first-order valence-corrected chi connectivity index (χ1v) is 17.2. The van der Waals surface area contributed by atoms with Gasteiger partial charge in [0.1, 0.15) is 0 Å². The molecule has 0 aliphatic heterocycles. The molecule has 212 valence electrons. The summed E-state index contributed by atoms with van der Waals surface area (Å²) in [6, 6.07) is 0.864. The quantitative estimate of drug-likeness (QED) is 0.257. The first-order chi connectivity index (χ1) is 17.4. The topological polar surface area (TPSA) is 3.24 Å². The Morgan fingerprint density at radius 2 is 0.917 bits per heavy atom. The van der Waals surface area contributed by atoms with E-state index < -0.39 is 0 Å². The molecule has 3 aliphatic rings. The van der Waals surface area contributed by atoms with Crippen LogP contribution in [0.25, 0.3) is 0 Å². The van der Waals surface area contributed by atoms with Gasteiger partial charge in [0.2, 0.25) is 0 Å². The van der Waals surface area contributed by atoms with Gasteiger partial charge in [0.05, 0.1) is 0 Å². The van der Waals surface area contributed by atoms with Gasteiger partial charge >= 0.3 is 0 Å². The number of rotatable bonds is 12. The highest BCUT2D eigenvalue weighted by Crippen LogP contribution is 2.54. The predicted molar refractivity (Wildman–Crippen MR) is 160 cm³/mol. The average Bonchev–Trinajstić information content (AvgIpc) is 2.89. The molecule has 0 N–H and O–H groups in total. The maximum absolute atomic E-state index is 2.76. The summed E-state index contributed by atoms with van der Waals surface area (Å²) in [5.41, 5.74) is 0. The largest absolute Gasteiger partial charge is 0.301 e. The van der Waals surface area contributed by atoms with E-state index in [0.29, 0.717) is 0 Å². The molecule has 0 heterocycles. The van der Waals surface area contributed by atoms with E-state index in [-0.39, 0.29) is 0 Å². The Morgan fingerprint density at radius 3 is 1.25 bits per heavy atom. The van der Waals surface area contributed by atoms with Crippen LogP contribution in [-0.4, -0.2) is 24.0 Å². The van der Waals surface area contributed by atoms with Gasteiger partial charge < -0.3 is 4.90 Å². The molecule has 6 atom stereocenters. The lowest BCUT2D eigenvalue weighted by molar-refractivity contribution is -0.0201. The van der Waals surface area contributed by atoms with Gasteiger partial charge in [-0.15, -0.1) is 0 Å². The molecule has 0 amide bonds. The van der Waals surface area contributed by atoms with Crippen molar-refractivity contribution in [1.29, 1.82) is 0 Å². The van der Waals surface area contributed by atoms with Crippen LogP contribution in [0.3, 0.4) is 0 Å². The summed E-state index contributed by atoms with van der Waals surface area (Å²) in [5, 5.41) is 0. The van der Waals surface area contributed by atoms with E-state index in [1.165, 1.54) is 90.1 Å². The van der Waals surface area contributed by atoms with Crippen molar-refractivity contribution >= 4 is 0 Å². The van der Waals surface area contributed by atoms with Gasteiger partial charge in [0, 0.05) is 6.04 Å². The average molecular weight is 502 g/mol. The first-order valence-electron chi connectivity index (χ1n) is 17.2. The van der Waals surface area contributed by atoms with Crippen LogP contribution in [0.2, 0.25) is 0 Å². The second-order valence-corrected chi connectivity index (χ2v) is 13.9. The molecular weight excluding hydrogens is 434 g/mol. The third-order valence-corrected chi connectivity index (χ3v) is 12.6. The van der Waals surface area contributed by atoms with E-state index in [1.54, 1.807) is 12.8 Å². The Hall–Kier alpha value is -0.0400. The SMILES string of the molecule is CCC(CC)C1CCC(C(C2CCC(N(CC)CC)CC2)C2CCC(C(CC)CC)CC2C)C(C)C1. The summed E-state index contributed by atoms with van der Waals surface area (Å²) in [6.45, 7) is 22.4. The van der Waals surface area contributed by atoms with Crippen molar-refractivity contribution in [3.05, 3.63) is 0 Å². The molecule has 3 aliphatic carbocycles. The smallest absolute Gasteiger partial charge is 0.00952 e. The minimum absolute atomic E-state index is 0.864. The van der Waals surface area contributed by atoms with Gasteiger partial charge in [-0.1, -0.05) is 81.1 Å². The van der Waals surface area contributed by atoms with Gasteiger partial charge in [0.15, 0.2) is 0 Å². The lowest BCUT2D eigenvalue weighted by Gasteiger charge is -2.52. The summed E-state index contributed by atoms with van der Waals surface area (Å²) < 4.78 is 0. The van der Waals surface area contributed by atoms with Crippen LogP contribution in [0.1, 0.15) is 145 Å². The molecule has 0 aromatic carbocycles. The van der Waals surface area contributed by atoms with Crippen molar-refractivity contribution in [2.75, 3.05) is 13.1 Å². The fourth-order valence-corrected chi connectivity index (χ4v) is 10.4. The molecule has 36 heavy (non-hydrogen) atoms. The van der Waals surface area contributed by atoms with E-state index in [9.17, 15) is 0 Å². The second-order valence-electron chi connectivity index (χ2n) is 13.9. The standard InChI is InChI=1S/C35H67N/c1-9-27(10-2)30-17-21-33(25(7)23-30)35(29-15-19-32(20-16-29)36(13-5)14-6)34-22-18-31(24-26(34)8)28(11-3)12-4/h25-35H,9-24H2,1-8H3. The van der Waals surface area contributed by atoms with Crippen LogP contribution in [0.4, 0.5) is 0 Å². The van der Waals surface area contributed by atoms with Crippen LogP contribution in [-0.2, 0) is 0 Å². The van der Waals surface area contributed by atoms with Crippen molar-refractivity contribution in [3.8, 4) is 0 Å². The Morgan fingerprint density at radius 1 is 0.528 bits per heavy atom. The lowest BCUT2D eigenvalue weighted by atomic mass is 9.54. The minimum atomic E-state index is 0.864. The zero-order chi connectivity index (χ0) is 26.2. The van der Waals surface area contributed by atoms with Gasteiger partial charge in [-0.05, 0) is 136 Å². The Labute approximate surface area is 228 Å². The van der Waals surface area contributed by atoms with Crippen LogP contribution in [0.15, 0.2) is 0 Å². The highest BCUT2D eigenvalue weighted by molar-refractivity contribution is 4.96. The fourth-order valence-electron chi connectivity index (χ4n) is 10.4. The molecule has 1 nitrogen and oxygen atoms in total. The normalized spacial score (nSPS) is 37.1. The van der Waals surface area contributed by atoms with Gasteiger partial charge in [0.25, 0.3) is 0 Å². The number of hydrogen-bond acceptors (Lipinski definition) is 1. The Kier molecular flexibility index (Phi) is 12.7. The molecule has 3 saturated carbocycles. The van der Waals surface area contributed by atoms with Crippen molar-refractivity contribution in [1.82, 2.24) is 4.90 Å². The Bertz CT molecular complexity index is 543. The van der Waals surface area contributed by atoms with Gasteiger partial charge in [-0.3, -0.25) is 0 Å². The lowest BCUT2D eigenvalue weighted by Crippen LogP contribution is -2.45. The highest BCUT2D eigenvalue weighted by Gasteiger charge is 2.45. The second kappa shape index (κ2) is 14.9. The van der Waals surface area contributed by atoms with Crippen molar-refractivity contribution in [2.24, 2.45) is 59.2 Å². The maximum Gasteiger partial charge on any atom is 0.00952 e. The molecule has 0 spiro atoms. The van der Waals surface area contributed by atoms with E-state index >= 15 is 0 Å². The molecule has 3 fully saturated rings. The molecule has 0 radical (unpaired) electrons. The summed E-state index contributed by atoms with van der Waals surface area (Å²) >= 11 is 0. The van der Waals surface area contributed by atoms with Crippen molar-refractivity contribution in [3.63, 3.8) is 0 Å². The van der Waals surface area contributed by atoms with Gasteiger partial charge in [-0.2, -0.15) is 0 Å². The minimum Gasteiger partial charge on any atom is -0.301 e. The summed E-state index contributed by atoms with van der Waals surface area (Å²) in [6.07, 6.45) is 20.8. The molecule has 6 unspecified atom stereocenters. The van der Waals surface area contributed by atoms with E-state index in [2.05, 4.69) is 60.3 Å².